The first-order valence-corrected chi connectivity index (χ1v) is 8.22. The van der Waals surface area contributed by atoms with Gasteiger partial charge in [-0.2, -0.15) is 0 Å². The number of rotatable bonds is 6. The number of hydrogen-bond donors (Lipinski definition) is 0. The summed E-state index contributed by atoms with van der Waals surface area (Å²) in [5.74, 6) is -2.26. The molecule has 0 saturated carbocycles. The van der Waals surface area contributed by atoms with Crippen molar-refractivity contribution in [3.63, 3.8) is 0 Å². The van der Waals surface area contributed by atoms with Crippen molar-refractivity contribution < 1.29 is 43.0 Å². The van der Waals surface area contributed by atoms with Gasteiger partial charge in [0.1, 0.15) is 0 Å². The van der Waals surface area contributed by atoms with Crippen LogP contribution in [0.25, 0.3) is 0 Å². The highest BCUT2D eigenvalue weighted by molar-refractivity contribution is 5.68. The number of hydrogen-bond acceptors (Lipinski definition) is 10. The Morgan fingerprint density at radius 3 is 2.14 bits per heavy atom. The molecule has 11 heteroatoms. The number of carbonyl (C=O) groups is 3. The van der Waals surface area contributed by atoms with Crippen molar-refractivity contribution in [2.75, 3.05) is 6.61 Å². The van der Waals surface area contributed by atoms with Gasteiger partial charge in [0.2, 0.25) is 12.4 Å². The van der Waals surface area contributed by atoms with Crippen LogP contribution in [0.3, 0.4) is 0 Å². The molecule has 2 rings (SSSR count). The average molecular weight is 397 g/mol. The van der Waals surface area contributed by atoms with Gasteiger partial charge < -0.3 is 23.7 Å². The molecule has 4 atom stereocenters. The van der Waals surface area contributed by atoms with Gasteiger partial charge in [-0.25, -0.2) is 0 Å². The first-order chi connectivity index (χ1) is 13.2. The van der Waals surface area contributed by atoms with Crippen LogP contribution in [0.5, 0.6) is 5.75 Å². The number of nitrogens with zero attached hydrogens (tertiary/aromatic N) is 1. The van der Waals surface area contributed by atoms with Gasteiger partial charge in [-0.1, -0.05) is 12.1 Å². The van der Waals surface area contributed by atoms with E-state index in [1.807, 2.05) is 0 Å². The van der Waals surface area contributed by atoms with Crippen molar-refractivity contribution in [1.82, 2.24) is 0 Å². The monoisotopic (exact) mass is 397 g/mol. The third kappa shape index (κ3) is 5.39. The average Bonchev–Trinajstić information content (AvgIpc) is 2.59. The number of nitro groups is 1. The molecular formula is C17H19NO10. The fraction of sp³-hybridized carbons (Fsp3) is 0.471. The number of ether oxygens (including phenoxy) is 5. The van der Waals surface area contributed by atoms with Crippen molar-refractivity contribution >= 4 is 23.6 Å². The number of para-hydroxylation sites is 2. The van der Waals surface area contributed by atoms with Gasteiger partial charge in [0.25, 0.3) is 0 Å². The van der Waals surface area contributed by atoms with E-state index in [0.717, 1.165) is 20.8 Å². The maximum absolute atomic E-state index is 11.6. The first kappa shape index (κ1) is 21.1. The van der Waals surface area contributed by atoms with Crippen LogP contribution in [0.2, 0.25) is 0 Å². The standard InChI is InChI=1S/C17H19NO10/c1-9(19)25-14-8-24-17(16(27-11(3)21)15(14)26-10(2)20)28-13-7-5-4-6-12(13)18(22)23/h4-7,14-17H,8H2,1-3H3/t14-,15+,16-,17+/m1/s1. The highest BCUT2D eigenvalue weighted by Crippen LogP contribution is 2.31. The molecule has 1 saturated heterocycles. The minimum atomic E-state index is -1.35. The van der Waals surface area contributed by atoms with Crippen LogP contribution in [0.15, 0.2) is 24.3 Å². The summed E-state index contributed by atoms with van der Waals surface area (Å²) in [6, 6.07) is 5.53. The van der Waals surface area contributed by atoms with E-state index in [-0.39, 0.29) is 18.0 Å². The van der Waals surface area contributed by atoms with Crippen molar-refractivity contribution in [2.45, 2.75) is 45.4 Å². The third-order valence-corrected chi connectivity index (χ3v) is 3.61. The zero-order valence-corrected chi connectivity index (χ0v) is 15.4. The van der Waals surface area contributed by atoms with Crippen LogP contribution >= 0.6 is 0 Å². The summed E-state index contributed by atoms with van der Waals surface area (Å²) in [5.41, 5.74) is -0.334. The van der Waals surface area contributed by atoms with Gasteiger partial charge >= 0.3 is 23.6 Å². The topological polar surface area (TPSA) is 140 Å². The fourth-order valence-electron chi connectivity index (χ4n) is 2.64. The van der Waals surface area contributed by atoms with Gasteiger partial charge in [0, 0.05) is 26.8 Å². The molecule has 1 aliphatic heterocycles. The molecule has 1 aromatic carbocycles. The Hall–Kier alpha value is -3.21. The van der Waals surface area contributed by atoms with Crippen LogP contribution in [-0.2, 0) is 33.3 Å². The zero-order valence-electron chi connectivity index (χ0n) is 15.4. The lowest BCUT2D eigenvalue weighted by Crippen LogP contribution is -2.59. The second-order valence-electron chi connectivity index (χ2n) is 5.84. The molecule has 0 spiro atoms. The molecule has 1 aliphatic rings. The number of esters is 3. The molecule has 28 heavy (non-hydrogen) atoms. The van der Waals surface area contributed by atoms with E-state index in [0.29, 0.717) is 0 Å². The first-order valence-electron chi connectivity index (χ1n) is 8.22. The lowest BCUT2D eigenvalue weighted by Gasteiger charge is -2.39. The van der Waals surface area contributed by atoms with Gasteiger partial charge in [0.05, 0.1) is 11.5 Å². The molecule has 1 heterocycles. The Balaban J connectivity index is 2.34. The molecule has 0 bridgehead atoms. The highest BCUT2D eigenvalue weighted by Gasteiger charge is 2.48. The lowest BCUT2D eigenvalue weighted by atomic mass is 10.0. The quantitative estimate of drug-likeness (QED) is 0.297. The summed E-state index contributed by atoms with van der Waals surface area (Å²) in [5, 5.41) is 11.2. The van der Waals surface area contributed by atoms with Gasteiger partial charge in [-0.05, 0) is 6.07 Å². The predicted molar refractivity (Wildman–Crippen MR) is 90.1 cm³/mol. The lowest BCUT2D eigenvalue weighted by molar-refractivity contribution is -0.386. The number of carbonyl (C=O) groups excluding carboxylic acids is 3. The summed E-state index contributed by atoms with van der Waals surface area (Å²) < 4.78 is 26.5. The molecule has 11 nitrogen and oxygen atoms in total. The summed E-state index contributed by atoms with van der Waals surface area (Å²) in [7, 11) is 0. The number of nitro benzene ring substituents is 1. The summed E-state index contributed by atoms with van der Waals surface area (Å²) in [4.78, 5) is 44.9. The predicted octanol–water partition coefficient (Wildman–Crippen LogP) is 1.12. The maximum atomic E-state index is 11.6. The molecule has 1 fully saturated rings. The normalized spacial score (nSPS) is 24.0. The second kappa shape index (κ2) is 9.13. The van der Waals surface area contributed by atoms with E-state index in [1.54, 1.807) is 0 Å². The smallest absolute Gasteiger partial charge is 0.311 e. The third-order valence-electron chi connectivity index (χ3n) is 3.61. The Labute approximate surface area is 159 Å². The van der Waals surface area contributed by atoms with Crippen LogP contribution < -0.4 is 4.74 Å². The SMILES string of the molecule is CC(=O)O[C@@H]1[C@@H](OC(C)=O)[C@H](Oc2ccccc2[N+](=O)[O-])OC[C@H]1OC(C)=O. The van der Waals surface area contributed by atoms with E-state index in [2.05, 4.69) is 0 Å². The molecule has 152 valence electrons. The number of benzene rings is 1. The van der Waals surface area contributed by atoms with Crippen molar-refractivity contribution in [1.29, 1.82) is 0 Å². The molecule has 0 amide bonds. The van der Waals surface area contributed by atoms with E-state index in [4.69, 9.17) is 23.7 Å². The molecule has 1 aromatic rings. The maximum Gasteiger partial charge on any atom is 0.311 e. The molecule has 0 aliphatic carbocycles. The fourth-order valence-corrected chi connectivity index (χ4v) is 2.64. The van der Waals surface area contributed by atoms with Crippen LogP contribution in [-0.4, -0.2) is 54.0 Å². The molecule has 0 radical (unpaired) electrons. The zero-order chi connectivity index (χ0) is 20.8. The van der Waals surface area contributed by atoms with E-state index < -0.39 is 47.4 Å². The van der Waals surface area contributed by atoms with Gasteiger partial charge in [-0.3, -0.25) is 24.5 Å². The molecule has 0 N–H and O–H groups in total. The van der Waals surface area contributed by atoms with Gasteiger partial charge in [-0.15, -0.1) is 0 Å². The van der Waals surface area contributed by atoms with E-state index in [1.165, 1.54) is 24.3 Å². The second-order valence-corrected chi connectivity index (χ2v) is 5.84. The van der Waals surface area contributed by atoms with Crippen LogP contribution in [0.1, 0.15) is 20.8 Å². The minimum absolute atomic E-state index is 0.137. The largest absolute Gasteiger partial charge is 0.456 e. The van der Waals surface area contributed by atoms with Crippen LogP contribution in [0, 0.1) is 10.1 Å². The molecular weight excluding hydrogens is 378 g/mol. The Bertz CT molecular complexity index is 764. The Kier molecular flexibility index (Phi) is 6.88. The highest BCUT2D eigenvalue weighted by atomic mass is 16.7. The van der Waals surface area contributed by atoms with Crippen molar-refractivity contribution in [2.24, 2.45) is 0 Å². The summed E-state index contributed by atoms with van der Waals surface area (Å²) in [6.45, 7) is 3.15. The van der Waals surface area contributed by atoms with E-state index in [9.17, 15) is 24.5 Å². The van der Waals surface area contributed by atoms with Gasteiger partial charge in [0.15, 0.2) is 18.0 Å². The summed E-state index contributed by atoms with van der Waals surface area (Å²) >= 11 is 0. The molecule has 0 aromatic heterocycles. The minimum Gasteiger partial charge on any atom is -0.456 e. The Morgan fingerprint density at radius 1 is 1.00 bits per heavy atom. The summed E-state index contributed by atoms with van der Waals surface area (Å²) in [6.07, 6.45) is -4.97. The van der Waals surface area contributed by atoms with Crippen molar-refractivity contribution in [3.8, 4) is 5.75 Å². The molecule has 0 unspecified atom stereocenters. The van der Waals surface area contributed by atoms with Crippen LogP contribution in [0.4, 0.5) is 5.69 Å². The van der Waals surface area contributed by atoms with E-state index >= 15 is 0 Å². The Morgan fingerprint density at radius 2 is 1.57 bits per heavy atom. The van der Waals surface area contributed by atoms with Crippen molar-refractivity contribution in [3.05, 3.63) is 34.4 Å².